The first-order valence-corrected chi connectivity index (χ1v) is 20.2. The SMILES string of the molecule is Cc1cc(C)[n-]n1.Cc1cc(C)[n-]n1.Cc1cc(C)[n-]n1.Cc1cc(C)[n-]n1.Cc1cc(C)[n-]n1.Cc1cc(C)[n-]n1.Cc1cc(C)[n-]n1.Cc1cc(C)[n-]n1.Cc1ccccc1.[Ce+4].[Ce+4]. The minimum atomic E-state index is 0. The average Bonchev–Trinajstić information content (AvgIpc) is 4.12. The quantitative estimate of drug-likeness (QED) is 0.146. The minimum Gasteiger partial charge on any atom is -0.579 e. The Morgan fingerprint density at radius 2 is 0.369 bits per heavy atom. The monoisotopic (exact) mass is 1130 g/mol. The third kappa shape index (κ3) is 34.6. The summed E-state index contributed by atoms with van der Waals surface area (Å²) >= 11 is 0. The second-order valence-electron chi connectivity index (χ2n) is 14.7. The molecule has 9 aromatic rings. The number of aryl methyl sites for hydroxylation is 17. The van der Waals surface area contributed by atoms with Gasteiger partial charge in [0.05, 0.1) is 0 Å². The van der Waals surface area contributed by atoms with Crippen LogP contribution in [0.3, 0.4) is 0 Å². The van der Waals surface area contributed by atoms with Crippen LogP contribution in [0.1, 0.15) is 96.7 Å². The van der Waals surface area contributed by atoms with E-state index in [1.165, 1.54) is 5.56 Å². The molecule has 0 unspecified atom stereocenters. The van der Waals surface area contributed by atoms with Crippen molar-refractivity contribution in [3.8, 4) is 0 Å². The summed E-state index contributed by atoms with van der Waals surface area (Å²) in [5.41, 5.74) is 17.3. The van der Waals surface area contributed by atoms with E-state index >= 15 is 0 Å². The van der Waals surface area contributed by atoms with Gasteiger partial charge in [-0.2, -0.15) is 0 Å². The van der Waals surface area contributed by atoms with Gasteiger partial charge in [0.25, 0.3) is 0 Å². The summed E-state index contributed by atoms with van der Waals surface area (Å²) in [6.07, 6.45) is 0. The van der Waals surface area contributed by atoms with Crippen LogP contribution in [0.2, 0.25) is 0 Å². The van der Waals surface area contributed by atoms with Crippen LogP contribution in [0.25, 0.3) is 0 Å². The third-order valence-electron chi connectivity index (χ3n) is 7.21. The van der Waals surface area contributed by atoms with Crippen molar-refractivity contribution in [2.24, 2.45) is 0 Å². The van der Waals surface area contributed by atoms with E-state index in [1.807, 2.05) is 178 Å². The fourth-order valence-corrected chi connectivity index (χ4v) is 4.68. The summed E-state index contributed by atoms with van der Waals surface area (Å²) in [6, 6.07) is 25.8. The van der Waals surface area contributed by atoms with Gasteiger partial charge in [0.15, 0.2) is 0 Å². The van der Waals surface area contributed by atoms with E-state index in [1.54, 1.807) is 0 Å². The number of aromatic nitrogens is 16. The molecular formula is C47H64Ce2N16. The number of rotatable bonds is 0. The minimum absolute atomic E-state index is 0. The molecule has 0 saturated carbocycles. The van der Waals surface area contributed by atoms with Crippen LogP contribution in [-0.4, -0.2) is 40.8 Å². The molecule has 0 N–H and O–H groups in total. The van der Waals surface area contributed by atoms with Crippen LogP contribution in [0.4, 0.5) is 0 Å². The topological polar surface area (TPSA) is 216 Å². The van der Waals surface area contributed by atoms with Crippen molar-refractivity contribution < 1.29 is 83.5 Å². The molecule has 0 aliphatic carbocycles. The molecule has 340 valence electrons. The summed E-state index contributed by atoms with van der Waals surface area (Å²) in [5, 5.41) is 60.3. The molecule has 0 amide bonds. The second kappa shape index (κ2) is 35.9. The standard InChI is InChI=1S/C7H8.8C5H7N2.2Ce/c1-7-5-3-2-4-6-7;8*1-4-3-5(2)7-6-4;;/h2-6H,1H3;8*3H,1-2H3;;/q;8*-1;2*+4. The number of hydrogen-bond donors (Lipinski definition) is 0. The molecule has 8 heterocycles. The van der Waals surface area contributed by atoms with Gasteiger partial charge < -0.3 is 81.6 Å². The number of nitrogens with zero attached hydrogens (tertiary/aromatic N) is 16. The van der Waals surface area contributed by atoms with Gasteiger partial charge in [0, 0.05) is 45.6 Å². The van der Waals surface area contributed by atoms with Crippen molar-refractivity contribution in [3.63, 3.8) is 0 Å². The smallest absolute Gasteiger partial charge is 0.579 e. The van der Waals surface area contributed by atoms with Crippen molar-refractivity contribution in [1.29, 1.82) is 0 Å². The Morgan fingerprint density at radius 3 is 0.415 bits per heavy atom. The molecule has 0 radical (unpaired) electrons. The maximum Gasteiger partial charge on any atom is 4.00 e. The maximum atomic E-state index is 3.77. The zero-order valence-electron chi connectivity index (χ0n) is 41.2. The van der Waals surface area contributed by atoms with E-state index in [4.69, 9.17) is 0 Å². The van der Waals surface area contributed by atoms with Gasteiger partial charge in [-0.1, -0.05) is 140 Å². The van der Waals surface area contributed by atoms with Crippen molar-refractivity contribution in [2.75, 3.05) is 0 Å². The van der Waals surface area contributed by atoms with E-state index in [0.717, 1.165) is 91.1 Å². The van der Waals surface area contributed by atoms with E-state index < -0.39 is 0 Å². The Balaban J connectivity index is 0. The Kier molecular flexibility index (Phi) is 34.6. The Morgan fingerprint density at radius 1 is 0.231 bits per heavy atom. The third-order valence-corrected chi connectivity index (χ3v) is 7.21. The fourth-order valence-electron chi connectivity index (χ4n) is 4.68. The van der Waals surface area contributed by atoms with Gasteiger partial charge in [-0.25, -0.2) is 0 Å². The first-order valence-electron chi connectivity index (χ1n) is 20.2. The number of hydrogen-bond acceptors (Lipinski definition) is 8. The molecule has 18 heteroatoms. The van der Waals surface area contributed by atoms with Gasteiger partial charge in [-0.3, -0.25) is 0 Å². The van der Waals surface area contributed by atoms with Crippen LogP contribution in [0, 0.1) is 201 Å². The molecule has 0 aliphatic rings. The normalized spacial score (nSPS) is 9.06. The van der Waals surface area contributed by atoms with E-state index in [-0.39, 0.29) is 83.5 Å². The van der Waals surface area contributed by atoms with E-state index in [2.05, 4.69) is 101 Å². The van der Waals surface area contributed by atoms with Crippen LogP contribution in [-0.2, 0) is 0 Å². The van der Waals surface area contributed by atoms with Crippen LogP contribution in [0.5, 0.6) is 0 Å². The Bertz CT molecular complexity index is 1880. The average molecular weight is 1130 g/mol. The van der Waals surface area contributed by atoms with Crippen molar-refractivity contribution in [2.45, 2.75) is 118 Å². The Hall–Kier alpha value is -4.35. The molecule has 0 spiro atoms. The molecule has 16 nitrogen and oxygen atoms in total. The van der Waals surface area contributed by atoms with E-state index in [0.29, 0.717) is 0 Å². The molecule has 8 aromatic heterocycles. The molecule has 0 fully saturated rings. The molecule has 9 rings (SSSR count). The first-order chi connectivity index (χ1) is 29.7. The maximum absolute atomic E-state index is 3.77. The molecule has 65 heavy (non-hydrogen) atoms. The van der Waals surface area contributed by atoms with Gasteiger partial charge in [0.1, 0.15) is 0 Å². The van der Waals surface area contributed by atoms with Gasteiger partial charge >= 0.3 is 83.5 Å². The molecular weight excluding hydrogens is 1070 g/mol. The Labute approximate surface area is 453 Å². The molecule has 0 aliphatic heterocycles. The van der Waals surface area contributed by atoms with Gasteiger partial charge in [-0.15, -0.1) is 45.6 Å². The van der Waals surface area contributed by atoms with Crippen molar-refractivity contribution >= 4 is 0 Å². The fraction of sp³-hybridized carbons (Fsp3) is 0.362. The molecule has 0 saturated heterocycles. The molecule has 1 aromatic carbocycles. The van der Waals surface area contributed by atoms with Gasteiger partial charge in [0.2, 0.25) is 0 Å². The summed E-state index contributed by atoms with van der Waals surface area (Å²) < 4.78 is 0. The summed E-state index contributed by atoms with van der Waals surface area (Å²) in [6.45, 7) is 33.0. The predicted molar refractivity (Wildman–Crippen MR) is 247 cm³/mol. The molecule has 0 bridgehead atoms. The summed E-state index contributed by atoms with van der Waals surface area (Å²) in [5.74, 6) is 0. The van der Waals surface area contributed by atoms with Crippen LogP contribution in [0.15, 0.2) is 78.9 Å². The van der Waals surface area contributed by atoms with Crippen molar-refractivity contribution in [1.82, 2.24) is 81.6 Å². The van der Waals surface area contributed by atoms with Crippen LogP contribution < -0.4 is 40.8 Å². The summed E-state index contributed by atoms with van der Waals surface area (Å²) in [4.78, 5) is 0. The predicted octanol–water partition coefficient (Wildman–Crippen LogP) is 7.24. The first kappa shape index (κ1) is 62.7. The largest absolute Gasteiger partial charge is 4.00 e. The molecule has 0 atom stereocenters. The zero-order chi connectivity index (χ0) is 47.3. The van der Waals surface area contributed by atoms with E-state index in [9.17, 15) is 0 Å². The number of benzene rings is 1. The van der Waals surface area contributed by atoms with Crippen molar-refractivity contribution in [3.05, 3.63) is 176 Å². The second-order valence-corrected chi connectivity index (χ2v) is 14.7. The summed E-state index contributed by atoms with van der Waals surface area (Å²) in [7, 11) is 0. The van der Waals surface area contributed by atoms with Gasteiger partial charge in [-0.05, 0) is 62.3 Å². The van der Waals surface area contributed by atoms with Crippen LogP contribution >= 0.6 is 0 Å². The zero-order valence-corrected chi connectivity index (χ0v) is 47.4.